The summed E-state index contributed by atoms with van der Waals surface area (Å²) in [7, 11) is 0. The maximum absolute atomic E-state index is 12.2. The second kappa shape index (κ2) is 22.8. The number of nitrogens with one attached hydrogen (secondary N) is 2. The van der Waals surface area contributed by atoms with Crippen molar-refractivity contribution < 1.29 is 43.9 Å². The highest BCUT2D eigenvalue weighted by Gasteiger charge is 2.45. The van der Waals surface area contributed by atoms with Gasteiger partial charge in [0.1, 0.15) is 23.7 Å². The van der Waals surface area contributed by atoms with Gasteiger partial charge in [0.25, 0.3) is 0 Å². The predicted octanol–water partition coefficient (Wildman–Crippen LogP) is 7.90. The molecule has 0 spiro atoms. The number of aliphatic hydroxyl groups is 1. The molecule has 5 N–H and O–H groups in total. The fraction of sp³-hybridized carbons (Fsp3) is 0.435. The van der Waals surface area contributed by atoms with Crippen molar-refractivity contribution in [1.82, 2.24) is 10.9 Å². The van der Waals surface area contributed by atoms with Crippen LogP contribution in [0.1, 0.15) is 102 Å². The van der Waals surface area contributed by atoms with Crippen molar-refractivity contribution in [2.75, 3.05) is 13.2 Å². The standard InChI is InChI=1S/C22H28N2O4.C20H22O5.2C2H6/c1-11-7-17(13(3)15(5)21(11)27)9-19(25)23-24-20(26)10-18-8-12(2)22(28)16(6)14(18)4;21-12-11-16-18-17(24-20(23-16)15-9-5-2-6-10-15)13-22-19(25-18)14-7-3-1-4-8-14;2*1-2/h7-8,27-28H,9-10H2,1-6H3,(H,23,25)(H,24,26);1-10,16-21H,11-13H2;2*1-2H3. The van der Waals surface area contributed by atoms with E-state index in [2.05, 4.69) is 10.9 Å². The first-order valence-electron chi connectivity index (χ1n) is 19.8. The molecule has 310 valence electrons. The summed E-state index contributed by atoms with van der Waals surface area (Å²) < 4.78 is 24.2. The molecule has 11 heteroatoms. The molecular formula is C46H62N2O9. The van der Waals surface area contributed by atoms with Gasteiger partial charge in [0.05, 0.1) is 25.6 Å². The largest absolute Gasteiger partial charge is 0.507 e. The van der Waals surface area contributed by atoms with E-state index in [1.54, 1.807) is 26.0 Å². The van der Waals surface area contributed by atoms with Crippen LogP contribution in [0.3, 0.4) is 0 Å². The maximum Gasteiger partial charge on any atom is 0.242 e. The summed E-state index contributed by atoms with van der Waals surface area (Å²) in [6.45, 7) is 19.4. The van der Waals surface area contributed by atoms with Crippen molar-refractivity contribution in [3.05, 3.63) is 128 Å². The van der Waals surface area contributed by atoms with E-state index in [0.29, 0.717) is 24.2 Å². The zero-order valence-electron chi connectivity index (χ0n) is 35.1. The molecule has 4 aromatic carbocycles. The Kier molecular flexibility index (Phi) is 18.7. The number of benzene rings is 4. The van der Waals surface area contributed by atoms with E-state index >= 15 is 0 Å². The van der Waals surface area contributed by atoms with E-state index in [0.717, 1.165) is 44.5 Å². The second-order valence-electron chi connectivity index (χ2n) is 13.6. The van der Waals surface area contributed by atoms with Crippen molar-refractivity contribution in [2.45, 2.75) is 119 Å². The number of hydrogen-bond donors (Lipinski definition) is 5. The normalized spacial score (nSPS) is 19.5. The van der Waals surface area contributed by atoms with Gasteiger partial charge in [0, 0.05) is 17.7 Å². The van der Waals surface area contributed by atoms with Crippen molar-refractivity contribution in [3.63, 3.8) is 0 Å². The molecule has 5 unspecified atom stereocenters. The molecule has 2 aliphatic heterocycles. The third-order valence-corrected chi connectivity index (χ3v) is 9.95. The zero-order valence-corrected chi connectivity index (χ0v) is 35.1. The molecule has 0 aliphatic carbocycles. The van der Waals surface area contributed by atoms with Gasteiger partial charge in [-0.2, -0.15) is 0 Å². The Labute approximate surface area is 338 Å². The summed E-state index contributed by atoms with van der Waals surface area (Å²) in [6, 6.07) is 23.2. The summed E-state index contributed by atoms with van der Waals surface area (Å²) in [5.41, 5.74) is 13.1. The van der Waals surface area contributed by atoms with E-state index in [9.17, 15) is 24.9 Å². The van der Waals surface area contributed by atoms with E-state index < -0.39 is 12.6 Å². The molecule has 0 radical (unpaired) electrons. The van der Waals surface area contributed by atoms with Crippen LogP contribution in [-0.4, -0.2) is 58.7 Å². The molecule has 0 bridgehead atoms. The molecule has 2 amide bonds. The molecule has 2 fully saturated rings. The van der Waals surface area contributed by atoms with Crippen molar-refractivity contribution >= 4 is 11.8 Å². The Hall–Kier alpha value is -4.78. The number of aryl methyl sites for hydroxylation is 2. The van der Waals surface area contributed by atoms with Gasteiger partial charge in [-0.15, -0.1) is 0 Å². The highest BCUT2D eigenvalue weighted by atomic mass is 16.8. The number of hydrogen-bond acceptors (Lipinski definition) is 9. The van der Waals surface area contributed by atoms with Crippen LogP contribution in [0.25, 0.3) is 0 Å². The molecular weight excluding hydrogens is 725 g/mol. The van der Waals surface area contributed by atoms with Crippen LogP contribution in [0.15, 0.2) is 72.8 Å². The number of phenolic OH excluding ortho intramolecular Hbond substituents is 2. The molecule has 11 nitrogen and oxygen atoms in total. The summed E-state index contributed by atoms with van der Waals surface area (Å²) in [5.74, 6) is -0.193. The lowest BCUT2D eigenvalue weighted by molar-refractivity contribution is -0.364. The number of carbonyl (C=O) groups excluding carboxylic acids is 2. The first-order valence-corrected chi connectivity index (χ1v) is 19.8. The van der Waals surface area contributed by atoms with Crippen molar-refractivity contribution in [1.29, 1.82) is 0 Å². The molecule has 6 rings (SSSR count). The monoisotopic (exact) mass is 786 g/mol. The Morgan fingerprint density at radius 1 is 0.632 bits per heavy atom. The Balaban J connectivity index is 0.000000282. The van der Waals surface area contributed by atoms with Crippen molar-refractivity contribution in [2.24, 2.45) is 0 Å². The van der Waals surface area contributed by atoms with Crippen LogP contribution in [-0.2, 0) is 41.4 Å². The Morgan fingerprint density at radius 3 is 1.51 bits per heavy atom. The van der Waals surface area contributed by atoms with E-state index in [1.165, 1.54) is 0 Å². The number of aromatic hydroxyl groups is 2. The number of aliphatic hydroxyl groups excluding tert-OH is 1. The lowest BCUT2D eigenvalue weighted by atomic mass is 9.96. The predicted molar refractivity (Wildman–Crippen MR) is 222 cm³/mol. The third-order valence-electron chi connectivity index (χ3n) is 9.95. The highest BCUT2D eigenvalue weighted by molar-refractivity contribution is 5.85. The minimum atomic E-state index is -0.473. The number of hydrazine groups is 1. The average Bonchev–Trinajstić information content (AvgIpc) is 3.24. The number of ether oxygens (including phenoxy) is 4. The van der Waals surface area contributed by atoms with Gasteiger partial charge >= 0.3 is 0 Å². The van der Waals surface area contributed by atoms with Crippen LogP contribution in [0.2, 0.25) is 0 Å². The first-order chi connectivity index (χ1) is 27.4. The number of carbonyl (C=O) groups is 2. The Morgan fingerprint density at radius 2 is 1.07 bits per heavy atom. The number of amides is 2. The quantitative estimate of drug-likeness (QED) is 0.112. The first kappa shape index (κ1) is 46.6. The lowest BCUT2D eigenvalue weighted by Crippen LogP contribution is -2.54. The number of fused-ring (bicyclic) bond motifs is 1. The summed E-state index contributed by atoms with van der Waals surface area (Å²) >= 11 is 0. The van der Waals surface area contributed by atoms with Crippen LogP contribution in [0.4, 0.5) is 0 Å². The minimum Gasteiger partial charge on any atom is -0.507 e. The molecule has 2 heterocycles. The summed E-state index contributed by atoms with van der Waals surface area (Å²) in [4.78, 5) is 24.5. The molecule has 57 heavy (non-hydrogen) atoms. The van der Waals surface area contributed by atoms with Crippen LogP contribution < -0.4 is 10.9 Å². The van der Waals surface area contributed by atoms with Gasteiger partial charge in [-0.3, -0.25) is 20.4 Å². The number of phenols is 2. The summed E-state index contributed by atoms with van der Waals surface area (Å²) in [6.07, 6.45) is -0.959. The smallest absolute Gasteiger partial charge is 0.242 e. The molecule has 0 saturated carbocycles. The van der Waals surface area contributed by atoms with Gasteiger partial charge in [-0.25, -0.2) is 0 Å². The van der Waals surface area contributed by atoms with Gasteiger partial charge < -0.3 is 34.3 Å². The third kappa shape index (κ3) is 12.4. The van der Waals surface area contributed by atoms with E-state index in [-0.39, 0.29) is 61.1 Å². The number of rotatable bonds is 8. The molecule has 4 aromatic rings. The Bertz CT molecular complexity index is 1810. The van der Waals surface area contributed by atoms with Crippen LogP contribution in [0.5, 0.6) is 11.5 Å². The second-order valence-corrected chi connectivity index (χ2v) is 13.6. The molecule has 0 aromatic heterocycles. The fourth-order valence-electron chi connectivity index (χ4n) is 6.57. The van der Waals surface area contributed by atoms with E-state index in [4.69, 9.17) is 18.9 Å². The van der Waals surface area contributed by atoms with Gasteiger partial charge in [-0.1, -0.05) is 100 Å². The highest BCUT2D eigenvalue weighted by Crippen LogP contribution is 2.38. The topological polar surface area (TPSA) is 156 Å². The van der Waals surface area contributed by atoms with Crippen LogP contribution >= 0.6 is 0 Å². The van der Waals surface area contributed by atoms with Crippen LogP contribution in [0, 0.1) is 41.5 Å². The van der Waals surface area contributed by atoms with E-state index in [1.807, 2.05) is 116 Å². The SMILES string of the molecule is CC.CC.Cc1cc(CC(=O)NNC(=O)Cc2cc(C)c(O)c(C)c2C)c(C)c(C)c1O.OCCC1OC(c2ccccc2)OC2COC(c3ccccc3)OC12. The van der Waals surface area contributed by atoms with Gasteiger partial charge in [-0.05, 0) is 92.5 Å². The summed E-state index contributed by atoms with van der Waals surface area (Å²) in [5, 5.41) is 29.4. The maximum atomic E-state index is 12.2. The molecule has 5 atom stereocenters. The lowest BCUT2D eigenvalue weighted by Gasteiger charge is -2.46. The van der Waals surface area contributed by atoms with Gasteiger partial charge in [0.2, 0.25) is 11.8 Å². The molecule has 2 saturated heterocycles. The fourth-order valence-corrected chi connectivity index (χ4v) is 6.57. The molecule has 2 aliphatic rings. The van der Waals surface area contributed by atoms with Gasteiger partial charge in [0.15, 0.2) is 12.6 Å². The minimum absolute atomic E-state index is 0.0373. The average molecular weight is 787 g/mol. The van der Waals surface area contributed by atoms with Crippen molar-refractivity contribution in [3.8, 4) is 11.5 Å². The zero-order chi connectivity index (χ0) is 42.2.